The second kappa shape index (κ2) is 12.0. The number of aryl methyl sites for hydroxylation is 1. The standard InChI is InChI=1S/C27H30N4OS2/c1-19-13-15-21(16-14-19)30-26(22(17-28)27-31-23-11-7-8-12-24(23)34-27)33-18-25(32)29-20-9-5-3-2-4-6-10-20/h7-8,11-16,20,30H,2-6,9-10,18H2,1H3,(H,29,32)/b26-22+. The van der Waals surface area contributed by atoms with E-state index in [-0.39, 0.29) is 17.7 Å². The van der Waals surface area contributed by atoms with Crippen molar-refractivity contribution in [3.8, 4) is 6.07 Å². The average Bonchev–Trinajstić information content (AvgIpc) is 3.24. The Kier molecular flexibility index (Phi) is 8.62. The van der Waals surface area contributed by atoms with Crippen molar-refractivity contribution in [2.24, 2.45) is 0 Å². The summed E-state index contributed by atoms with van der Waals surface area (Å²) in [4.78, 5) is 17.5. The highest BCUT2D eigenvalue weighted by Crippen LogP contribution is 2.33. The highest BCUT2D eigenvalue weighted by atomic mass is 32.2. The van der Waals surface area contributed by atoms with Gasteiger partial charge in [-0.15, -0.1) is 11.3 Å². The van der Waals surface area contributed by atoms with Crippen molar-refractivity contribution < 1.29 is 4.79 Å². The van der Waals surface area contributed by atoms with E-state index in [4.69, 9.17) is 0 Å². The first-order valence-corrected chi connectivity index (χ1v) is 13.7. The molecule has 176 valence electrons. The molecule has 0 spiro atoms. The third kappa shape index (κ3) is 6.62. The summed E-state index contributed by atoms with van der Waals surface area (Å²) in [5.41, 5.74) is 3.37. The van der Waals surface area contributed by atoms with E-state index in [1.54, 1.807) is 0 Å². The molecule has 0 atom stereocenters. The molecule has 0 unspecified atom stereocenters. The fraction of sp³-hybridized carbons (Fsp3) is 0.370. The molecule has 7 heteroatoms. The summed E-state index contributed by atoms with van der Waals surface area (Å²) in [6.07, 6.45) is 8.26. The number of amides is 1. The number of hydrogen-bond donors (Lipinski definition) is 2. The minimum absolute atomic E-state index is 0.0142. The van der Waals surface area contributed by atoms with Crippen LogP contribution in [0.2, 0.25) is 0 Å². The van der Waals surface area contributed by atoms with E-state index in [0.29, 0.717) is 15.6 Å². The van der Waals surface area contributed by atoms with Gasteiger partial charge in [-0.1, -0.05) is 73.7 Å². The van der Waals surface area contributed by atoms with Crippen LogP contribution in [0.15, 0.2) is 53.6 Å². The molecule has 1 amide bonds. The Morgan fingerprint density at radius 3 is 2.50 bits per heavy atom. The first-order chi connectivity index (χ1) is 16.6. The predicted molar refractivity (Wildman–Crippen MR) is 144 cm³/mol. The normalized spacial score (nSPS) is 15.6. The van der Waals surface area contributed by atoms with Crippen LogP contribution in [0, 0.1) is 18.3 Å². The molecule has 2 N–H and O–H groups in total. The maximum Gasteiger partial charge on any atom is 0.230 e. The molecule has 1 aliphatic rings. The van der Waals surface area contributed by atoms with Crippen LogP contribution in [0.1, 0.15) is 55.5 Å². The van der Waals surface area contributed by atoms with Crippen molar-refractivity contribution in [2.45, 2.75) is 57.9 Å². The number of fused-ring (bicyclic) bond motifs is 1. The van der Waals surface area contributed by atoms with Gasteiger partial charge in [0.15, 0.2) is 0 Å². The quantitative estimate of drug-likeness (QED) is 0.353. The highest BCUT2D eigenvalue weighted by molar-refractivity contribution is 8.04. The Morgan fingerprint density at radius 2 is 1.79 bits per heavy atom. The van der Waals surface area contributed by atoms with E-state index >= 15 is 0 Å². The number of nitriles is 1. The molecule has 3 aromatic rings. The largest absolute Gasteiger partial charge is 0.353 e. The van der Waals surface area contributed by atoms with Crippen molar-refractivity contribution in [3.05, 3.63) is 64.1 Å². The zero-order chi connectivity index (χ0) is 23.8. The topological polar surface area (TPSA) is 77.8 Å². The van der Waals surface area contributed by atoms with E-state index in [0.717, 1.165) is 34.3 Å². The Hall–Kier alpha value is -2.82. The summed E-state index contributed by atoms with van der Waals surface area (Å²) < 4.78 is 1.03. The minimum atomic E-state index is 0.0142. The Morgan fingerprint density at radius 1 is 1.09 bits per heavy atom. The SMILES string of the molecule is Cc1ccc(N/C(SCC(=O)NC2CCCCCCC2)=C(/C#N)c2nc3ccccc3s2)cc1. The monoisotopic (exact) mass is 490 g/mol. The molecule has 0 aliphatic heterocycles. The van der Waals surface area contributed by atoms with Gasteiger partial charge < -0.3 is 10.6 Å². The number of hydrogen-bond acceptors (Lipinski definition) is 6. The van der Waals surface area contributed by atoms with Gasteiger partial charge in [-0.2, -0.15) is 5.26 Å². The van der Waals surface area contributed by atoms with Crippen LogP contribution in [-0.2, 0) is 4.79 Å². The molecule has 4 rings (SSSR count). The lowest BCUT2D eigenvalue weighted by atomic mass is 9.97. The van der Waals surface area contributed by atoms with E-state index in [2.05, 4.69) is 21.7 Å². The second-order valence-corrected chi connectivity index (χ2v) is 10.7. The number of carbonyl (C=O) groups excluding carboxylic acids is 1. The number of nitrogens with zero attached hydrogens (tertiary/aromatic N) is 2. The van der Waals surface area contributed by atoms with Crippen LogP contribution in [0.5, 0.6) is 0 Å². The predicted octanol–water partition coefficient (Wildman–Crippen LogP) is 6.87. The molecule has 1 saturated carbocycles. The molecule has 0 saturated heterocycles. The summed E-state index contributed by atoms with van der Waals surface area (Å²) in [7, 11) is 0. The Bertz CT molecular complexity index is 1150. The highest BCUT2D eigenvalue weighted by Gasteiger charge is 2.18. The number of para-hydroxylation sites is 1. The van der Waals surface area contributed by atoms with E-state index in [1.807, 2.05) is 55.5 Å². The number of anilines is 1. The number of thiazole rings is 1. The Balaban J connectivity index is 1.54. The van der Waals surface area contributed by atoms with Crippen molar-refractivity contribution in [2.75, 3.05) is 11.1 Å². The van der Waals surface area contributed by atoms with Crippen molar-refractivity contribution >= 4 is 50.5 Å². The van der Waals surface area contributed by atoms with Gasteiger partial charge in [-0.05, 0) is 44.0 Å². The molecule has 2 aromatic carbocycles. The second-order valence-electron chi connectivity index (χ2n) is 8.69. The van der Waals surface area contributed by atoms with Gasteiger partial charge in [-0.3, -0.25) is 4.79 Å². The lowest BCUT2D eigenvalue weighted by Gasteiger charge is -2.21. The molecule has 1 heterocycles. The molecular weight excluding hydrogens is 460 g/mol. The van der Waals surface area contributed by atoms with Gasteiger partial charge in [0.05, 0.1) is 21.0 Å². The van der Waals surface area contributed by atoms with Gasteiger partial charge in [-0.25, -0.2) is 4.98 Å². The number of aromatic nitrogens is 1. The summed E-state index contributed by atoms with van der Waals surface area (Å²) in [5, 5.41) is 18.0. The van der Waals surface area contributed by atoms with Crippen molar-refractivity contribution in [1.29, 1.82) is 5.26 Å². The smallest absolute Gasteiger partial charge is 0.230 e. The molecule has 1 aliphatic carbocycles. The molecule has 34 heavy (non-hydrogen) atoms. The lowest BCUT2D eigenvalue weighted by molar-refractivity contribution is -0.119. The van der Waals surface area contributed by atoms with E-state index < -0.39 is 0 Å². The lowest BCUT2D eigenvalue weighted by Crippen LogP contribution is -2.36. The summed E-state index contributed by atoms with van der Waals surface area (Å²) in [6.45, 7) is 2.04. The third-order valence-corrected chi connectivity index (χ3v) is 8.03. The van der Waals surface area contributed by atoms with Crippen LogP contribution >= 0.6 is 23.1 Å². The van der Waals surface area contributed by atoms with E-state index in [9.17, 15) is 10.1 Å². The number of benzene rings is 2. The number of thioether (sulfide) groups is 1. The third-order valence-electron chi connectivity index (χ3n) is 5.97. The fourth-order valence-electron chi connectivity index (χ4n) is 4.12. The van der Waals surface area contributed by atoms with Gasteiger partial charge in [0.1, 0.15) is 16.6 Å². The van der Waals surface area contributed by atoms with Crippen molar-refractivity contribution in [1.82, 2.24) is 10.3 Å². The van der Waals surface area contributed by atoms with Gasteiger partial charge in [0, 0.05) is 11.7 Å². The molecule has 5 nitrogen and oxygen atoms in total. The molecule has 1 fully saturated rings. The number of nitrogens with one attached hydrogen (secondary N) is 2. The van der Waals surface area contributed by atoms with Crippen LogP contribution in [0.4, 0.5) is 5.69 Å². The summed E-state index contributed by atoms with van der Waals surface area (Å²) in [5.74, 6) is 0.265. The zero-order valence-electron chi connectivity index (χ0n) is 19.5. The zero-order valence-corrected chi connectivity index (χ0v) is 21.1. The first-order valence-electron chi connectivity index (χ1n) is 11.9. The molecule has 0 radical (unpaired) electrons. The van der Waals surface area contributed by atoms with Crippen LogP contribution in [0.3, 0.4) is 0 Å². The Labute approximate surface area is 209 Å². The van der Waals surface area contributed by atoms with Crippen molar-refractivity contribution in [3.63, 3.8) is 0 Å². The maximum atomic E-state index is 12.8. The van der Waals surface area contributed by atoms with E-state index in [1.165, 1.54) is 55.2 Å². The number of carbonyl (C=O) groups is 1. The summed E-state index contributed by atoms with van der Waals surface area (Å²) >= 11 is 2.86. The number of rotatable bonds is 7. The average molecular weight is 491 g/mol. The molecular formula is C27H30N4OS2. The van der Waals surface area contributed by atoms with Crippen LogP contribution < -0.4 is 10.6 Å². The molecule has 0 bridgehead atoms. The molecule has 1 aromatic heterocycles. The van der Waals surface area contributed by atoms with Gasteiger partial charge in [0.2, 0.25) is 5.91 Å². The fourth-order valence-corrected chi connectivity index (χ4v) is 5.99. The van der Waals surface area contributed by atoms with Gasteiger partial charge >= 0.3 is 0 Å². The van der Waals surface area contributed by atoms with Crippen LogP contribution in [-0.4, -0.2) is 22.7 Å². The number of allylic oxidation sites excluding steroid dienone is 1. The maximum absolute atomic E-state index is 12.8. The first kappa shape index (κ1) is 24.3. The summed E-state index contributed by atoms with van der Waals surface area (Å²) in [6, 6.07) is 18.5. The minimum Gasteiger partial charge on any atom is -0.353 e. The van der Waals surface area contributed by atoms with Crippen LogP contribution in [0.25, 0.3) is 15.8 Å². The van der Waals surface area contributed by atoms with Gasteiger partial charge in [0.25, 0.3) is 0 Å².